The summed E-state index contributed by atoms with van der Waals surface area (Å²) < 4.78 is 7.89. The Hall–Kier alpha value is -2.77. The first kappa shape index (κ1) is 15.5. The number of aryl methyl sites for hydroxylation is 1. The molecular weight excluding hydrogens is 330 g/mol. The fourth-order valence-electron chi connectivity index (χ4n) is 3.39. The van der Waals surface area contributed by atoms with Crippen LogP contribution in [0, 0.1) is 6.92 Å². The largest absolute Gasteiger partial charge is 0.458 e. The SMILES string of the molecule is Cc1cnc(OC2CCCN(c3ccc4nnc(C5CC5)n4n3)C2)nc1. The summed E-state index contributed by atoms with van der Waals surface area (Å²) in [6.07, 6.45) is 8.04. The van der Waals surface area contributed by atoms with Gasteiger partial charge in [0.2, 0.25) is 0 Å². The molecule has 0 radical (unpaired) electrons. The lowest BCUT2D eigenvalue weighted by Gasteiger charge is -2.33. The smallest absolute Gasteiger partial charge is 0.316 e. The van der Waals surface area contributed by atoms with Crippen molar-refractivity contribution in [2.75, 3.05) is 18.0 Å². The van der Waals surface area contributed by atoms with Crippen molar-refractivity contribution in [2.24, 2.45) is 0 Å². The summed E-state index contributed by atoms with van der Waals surface area (Å²) in [5.41, 5.74) is 1.84. The van der Waals surface area contributed by atoms with E-state index in [1.165, 1.54) is 12.8 Å². The molecule has 0 amide bonds. The zero-order chi connectivity index (χ0) is 17.5. The molecule has 1 atom stereocenters. The van der Waals surface area contributed by atoms with Crippen LogP contribution in [0.2, 0.25) is 0 Å². The predicted octanol–water partition coefficient (Wildman–Crippen LogP) is 2.15. The van der Waals surface area contributed by atoms with Gasteiger partial charge in [-0.3, -0.25) is 0 Å². The van der Waals surface area contributed by atoms with Gasteiger partial charge in [-0.2, -0.15) is 4.52 Å². The zero-order valence-electron chi connectivity index (χ0n) is 14.7. The van der Waals surface area contributed by atoms with Crippen LogP contribution in [0.5, 0.6) is 6.01 Å². The number of piperidine rings is 1. The molecule has 1 aliphatic heterocycles. The number of hydrogen-bond acceptors (Lipinski definition) is 7. The van der Waals surface area contributed by atoms with Crippen LogP contribution in [0.15, 0.2) is 24.5 Å². The molecule has 0 bridgehead atoms. The number of rotatable bonds is 4. The maximum Gasteiger partial charge on any atom is 0.316 e. The molecule has 1 saturated heterocycles. The lowest BCUT2D eigenvalue weighted by atomic mass is 10.1. The van der Waals surface area contributed by atoms with Gasteiger partial charge in [0, 0.05) is 24.9 Å². The van der Waals surface area contributed by atoms with Crippen LogP contribution < -0.4 is 9.64 Å². The Bertz CT molecular complexity index is 919. The van der Waals surface area contributed by atoms with Gasteiger partial charge < -0.3 is 9.64 Å². The highest BCUT2D eigenvalue weighted by Gasteiger charge is 2.30. The number of hydrogen-bond donors (Lipinski definition) is 0. The molecular formula is C18H21N7O. The molecule has 0 aromatic carbocycles. The molecule has 26 heavy (non-hydrogen) atoms. The molecule has 1 unspecified atom stereocenters. The van der Waals surface area contributed by atoms with E-state index in [0.717, 1.165) is 48.8 Å². The number of nitrogens with zero attached hydrogens (tertiary/aromatic N) is 7. The van der Waals surface area contributed by atoms with Crippen molar-refractivity contribution in [2.45, 2.75) is 44.6 Å². The van der Waals surface area contributed by atoms with Gasteiger partial charge in [-0.05, 0) is 50.3 Å². The molecule has 0 N–H and O–H groups in total. The fourth-order valence-corrected chi connectivity index (χ4v) is 3.39. The van der Waals surface area contributed by atoms with Crippen molar-refractivity contribution in [1.29, 1.82) is 0 Å². The number of fused-ring (bicyclic) bond motifs is 1. The van der Waals surface area contributed by atoms with E-state index in [2.05, 4.69) is 25.1 Å². The van der Waals surface area contributed by atoms with Crippen LogP contribution in [-0.2, 0) is 0 Å². The van der Waals surface area contributed by atoms with E-state index in [1.807, 2.05) is 23.6 Å². The van der Waals surface area contributed by atoms with E-state index in [0.29, 0.717) is 11.9 Å². The van der Waals surface area contributed by atoms with Crippen LogP contribution in [0.1, 0.15) is 43.0 Å². The minimum absolute atomic E-state index is 0.0627. The van der Waals surface area contributed by atoms with Gasteiger partial charge in [0.15, 0.2) is 11.5 Å². The van der Waals surface area contributed by atoms with Gasteiger partial charge in [-0.15, -0.1) is 15.3 Å². The highest BCUT2D eigenvalue weighted by molar-refractivity contribution is 5.46. The third kappa shape index (κ3) is 2.95. The molecule has 3 aromatic heterocycles. The van der Waals surface area contributed by atoms with E-state index < -0.39 is 0 Å². The molecule has 8 nitrogen and oxygen atoms in total. The van der Waals surface area contributed by atoms with Gasteiger partial charge in [0.05, 0.1) is 6.54 Å². The van der Waals surface area contributed by atoms with E-state index in [1.54, 1.807) is 12.4 Å². The van der Waals surface area contributed by atoms with Crippen molar-refractivity contribution in [3.05, 3.63) is 35.9 Å². The summed E-state index contributed by atoms with van der Waals surface area (Å²) in [6, 6.07) is 4.46. The van der Waals surface area contributed by atoms with Gasteiger partial charge in [0.25, 0.3) is 0 Å². The van der Waals surface area contributed by atoms with Crippen molar-refractivity contribution in [3.63, 3.8) is 0 Å². The van der Waals surface area contributed by atoms with Crippen molar-refractivity contribution >= 4 is 11.5 Å². The molecule has 1 aliphatic carbocycles. The molecule has 0 spiro atoms. The minimum atomic E-state index is 0.0627. The normalized spacial score (nSPS) is 20.5. The first-order valence-corrected chi connectivity index (χ1v) is 9.19. The Morgan fingerprint density at radius 3 is 2.73 bits per heavy atom. The summed E-state index contributed by atoms with van der Waals surface area (Å²) in [5.74, 6) is 2.45. The topological polar surface area (TPSA) is 81.3 Å². The quantitative estimate of drug-likeness (QED) is 0.712. The predicted molar refractivity (Wildman–Crippen MR) is 95.4 cm³/mol. The van der Waals surface area contributed by atoms with E-state index >= 15 is 0 Å². The van der Waals surface area contributed by atoms with E-state index in [-0.39, 0.29) is 6.10 Å². The Balaban J connectivity index is 1.35. The molecule has 8 heteroatoms. The second-order valence-corrected chi connectivity index (χ2v) is 7.17. The Labute approximate surface area is 151 Å². The summed E-state index contributed by atoms with van der Waals surface area (Å²) in [6.45, 7) is 3.71. The monoisotopic (exact) mass is 351 g/mol. The van der Waals surface area contributed by atoms with Gasteiger partial charge >= 0.3 is 6.01 Å². The van der Waals surface area contributed by atoms with Crippen molar-refractivity contribution in [1.82, 2.24) is 29.8 Å². The van der Waals surface area contributed by atoms with Gasteiger partial charge in [0.1, 0.15) is 11.9 Å². The van der Waals surface area contributed by atoms with Crippen LogP contribution in [0.25, 0.3) is 5.65 Å². The summed E-state index contributed by atoms with van der Waals surface area (Å²) in [4.78, 5) is 10.8. The molecule has 2 aliphatic rings. The van der Waals surface area contributed by atoms with Gasteiger partial charge in [-0.1, -0.05) is 0 Å². The van der Waals surface area contributed by atoms with E-state index in [4.69, 9.17) is 9.84 Å². The zero-order valence-corrected chi connectivity index (χ0v) is 14.7. The molecule has 2 fully saturated rings. The third-order valence-corrected chi connectivity index (χ3v) is 4.95. The maximum absolute atomic E-state index is 5.98. The molecule has 134 valence electrons. The third-order valence-electron chi connectivity index (χ3n) is 4.95. The fraction of sp³-hybridized carbons (Fsp3) is 0.500. The molecule has 4 heterocycles. The van der Waals surface area contributed by atoms with E-state index in [9.17, 15) is 0 Å². The number of ether oxygens (including phenoxy) is 1. The Kier molecular flexibility index (Phi) is 3.69. The lowest BCUT2D eigenvalue weighted by molar-refractivity contribution is 0.164. The Morgan fingerprint density at radius 2 is 1.92 bits per heavy atom. The summed E-state index contributed by atoms with van der Waals surface area (Å²) in [7, 11) is 0. The average molecular weight is 351 g/mol. The minimum Gasteiger partial charge on any atom is -0.458 e. The first-order chi connectivity index (χ1) is 12.8. The number of aromatic nitrogens is 6. The highest BCUT2D eigenvalue weighted by Crippen LogP contribution is 2.38. The lowest BCUT2D eigenvalue weighted by Crippen LogP contribution is -2.42. The second-order valence-electron chi connectivity index (χ2n) is 7.17. The van der Waals surface area contributed by atoms with Crippen LogP contribution in [-0.4, -0.2) is 49.0 Å². The van der Waals surface area contributed by atoms with Crippen LogP contribution >= 0.6 is 0 Å². The Morgan fingerprint density at radius 1 is 1.08 bits per heavy atom. The molecule has 3 aromatic rings. The van der Waals surface area contributed by atoms with Crippen molar-refractivity contribution in [3.8, 4) is 6.01 Å². The molecule has 1 saturated carbocycles. The van der Waals surface area contributed by atoms with Crippen LogP contribution in [0.4, 0.5) is 5.82 Å². The standard InChI is InChI=1S/C18H21N7O/c1-12-9-19-18(20-10-12)26-14-3-2-8-24(11-14)16-7-6-15-21-22-17(13-4-5-13)25(15)23-16/h6-7,9-10,13-14H,2-5,8,11H2,1H3. The van der Waals surface area contributed by atoms with Crippen LogP contribution in [0.3, 0.4) is 0 Å². The molecule has 5 rings (SSSR count). The first-order valence-electron chi connectivity index (χ1n) is 9.19. The summed E-state index contributed by atoms with van der Waals surface area (Å²) in [5, 5.41) is 13.4. The second kappa shape index (κ2) is 6.19. The highest BCUT2D eigenvalue weighted by atomic mass is 16.5. The number of anilines is 1. The average Bonchev–Trinajstić information content (AvgIpc) is 3.43. The summed E-state index contributed by atoms with van der Waals surface area (Å²) >= 11 is 0. The maximum atomic E-state index is 5.98. The van der Waals surface area contributed by atoms with Gasteiger partial charge in [-0.25, -0.2) is 9.97 Å². The van der Waals surface area contributed by atoms with Crippen molar-refractivity contribution < 1.29 is 4.74 Å².